The maximum atomic E-state index is 13.7. The Morgan fingerprint density at radius 1 is 0.750 bits per heavy atom. The van der Waals surface area contributed by atoms with Crippen molar-refractivity contribution in [3.63, 3.8) is 0 Å². The first-order valence-corrected chi connectivity index (χ1v) is 9.71. The molecule has 2 aliphatic rings. The topological polar surface area (TPSA) is 37.4 Å². The van der Waals surface area contributed by atoms with Crippen molar-refractivity contribution in [2.75, 3.05) is 4.90 Å². The van der Waals surface area contributed by atoms with Crippen molar-refractivity contribution < 1.29 is 9.59 Å². The van der Waals surface area contributed by atoms with Gasteiger partial charge >= 0.3 is 0 Å². The molecule has 3 nitrogen and oxygen atoms in total. The van der Waals surface area contributed by atoms with E-state index < -0.39 is 10.8 Å². The summed E-state index contributed by atoms with van der Waals surface area (Å²) in [6, 6.07) is 27.1. The second-order valence-corrected chi connectivity index (χ2v) is 7.97. The van der Waals surface area contributed by atoms with E-state index in [9.17, 15) is 9.59 Å². The summed E-state index contributed by atoms with van der Waals surface area (Å²) >= 11 is 6.31. The second kappa shape index (κ2) is 6.05. The lowest BCUT2D eigenvalue weighted by Gasteiger charge is -2.23. The number of anilines is 1. The first-order chi connectivity index (χ1) is 13.6. The number of hydrogen-bond donors (Lipinski definition) is 0. The summed E-state index contributed by atoms with van der Waals surface area (Å²) < 4.78 is 0. The largest absolute Gasteiger partial charge is 0.274 e. The van der Waals surface area contributed by atoms with Gasteiger partial charge in [-0.15, -0.1) is 0 Å². The number of nitrogens with zero attached hydrogens (tertiary/aromatic N) is 1. The van der Waals surface area contributed by atoms with Gasteiger partial charge in [0.2, 0.25) is 11.8 Å². The molecule has 1 aliphatic heterocycles. The highest BCUT2D eigenvalue weighted by Gasteiger charge is 2.77. The number of imide groups is 1. The molecule has 1 spiro atoms. The number of hydrogen-bond acceptors (Lipinski definition) is 2. The fourth-order valence-corrected chi connectivity index (χ4v) is 5.09. The molecule has 1 atom stereocenters. The van der Waals surface area contributed by atoms with Crippen LogP contribution in [0.3, 0.4) is 0 Å². The Labute approximate surface area is 168 Å². The van der Waals surface area contributed by atoms with Crippen molar-refractivity contribution in [1.82, 2.24) is 0 Å². The molecule has 1 saturated heterocycles. The van der Waals surface area contributed by atoms with Crippen molar-refractivity contribution in [3.8, 4) is 0 Å². The molecule has 0 unspecified atom stereocenters. The molecule has 1 saturated carbocycles. The van der Waals surface area contributed by atoms with E-state index in [0.29, 0.717) is 17.1 Å². The molecule has 0 radical (unpaired) electrons. The van der Waals surface area contributed by atoms with Crippen molar-refractivity contribution in [2.24, 2.45) is 5.41 Å². The van der Waals surface area contributed by atoms with Gasteiger partial charge < -0.3 is 0 Å². The van der Waals surface area contributed by atoms with E-state index in [1.807, 2.05) is 36.4 Å². The van der Waals surface area contributed by atoms with Crippen LogP contribution in [-0.4, -0.2) is 11.8 Å². The average molecular weight is 388 g/mol. The van der Waals surface area contributed by atoms with E-state index in [-0.39, 0.29) is 18.2 Å². The Hall–Kier alpha value is -2.91. The lowest BCUT2D eigenvalue weighted by Crippen LogP contribution is -2.33. The first kappa shape index (κ1) is 17.2. The van der Waals surface area contributed by atoms with Crippen LogP contribution in [0.1, 0.15) is 24.0 Å². The number of halogens is 1. The number of amides is 2. The lowest BCUT2D eigenvalue weighted by atomic mass is 9.79. The molecular weight excluding hydrogens is 370 g/mol. The van der Waals surface area contributed by atoms with Gasteiger partial charge in [0, 0.05) is 11.8 Å². The molecule has 28 heavy (non-hydrogen) atoms. The molecule has 0 bridgehead atoms. The number of carbonyl (C=O) groups is 2. The molecule has 0 N–H and O–H groups in total. The van der Waals surface area contributed by atoms with Crippen molar-refractivity contribution in [3.05, 3.63) is 101 Å². The van der Waals surface area contributed by atoms with Gasteiger partial charge in [-0.25, -0.2) is 4.90 Å². The monoisotopic (exact) mass is 387 g/mol. The van der Waals surface area contributed by atoms with Gasteiger partial charge in [-0.05, 0) is 29.7 Å². The Morgan fingerprint density at radius 2 is 1.29 bits per heavy atom. The minimum atomic E-state index is -0.758. The standard InChI is InChI=1S/C24H18ClNO2/c25-19-13-7-8-14-20(19)26-21(27)15-23(22(26)28)16-24(23,17-9-3-1-4-10-17)18-11-5-2-6-12-18/h1-14H,15-16H2/t23-/m0/s1. The lowest BCUT2D eigenvalue weighted by molar-refractivity contribution is -0.123. The van der Waals surface area contributed by atoms with Crippen LogP contribution < -0.4 is 4.90 Å². The predicted octanol–water partition coefficient (Wildman–Crippen LogP) is 4.98. The fraction of sp³-hybridized carbons (Fsp3) is 0.167. The molecular formula is C24H18ClNO2. The summed E-state index contributed by atoms with van der Waals surface area (Å²) in [4.78, 5) is 27.9. The molecule has 3 aromatic rings. The summed E-state index contributed by atoms with van der Waals surface area (Å²) in [5.74, 6) is -0.342. The van der Waals surface area contributed by atoms with Gasteiger partial charge in [0.15, 0.2) is 0 Å². The highest BCUT2D eigenvalue weighted by molar-refractivity contribution is 6.36. The van der Waals surface area contributed by atoms with E-state index in [1.54, 1.807) is 24.3 Å². The van der Waals surface area contributed by atoms with Gasteiger partial charge in [-0.3, -0.25) is 9.59 Å². The van der Waals surface area contributed by atoms with Crippen LogP contribution in [0.5, 0.6) is 0 Å². The molecule has 5 rings (SSSR count). The third kappa shape index (κ3) is 2.17. The van der Waals surface area contributed by atoms with Crippen LogP contribution in [0.15, 0.2) is 84.9 Å². The van der Waals surface area contributed by atoms with E-state index in [4.69, 9.17) is 11.6 Å². The zero-order valence-electron chi connectivity index (χ0n) is 15.1. The summed E-state index contributed by atoms with van der Waals surface area (Å²) in [7, 11) is 0. The maximum Gasteiger partial charge on any atom is 0.241 e. The van der Waals surface area contributed by atoms with Gasteiger partial charge in [0.1, 0.15) is 0 Å². The molecule has 2 fully saturated rings. The number of rotatable bonds is 3. The summed E-state index contributed by atoms with van der Waals surface area (Å²) in [5.41, 5.74) is 1.37. The third-order valence-electron chi connectivity index (χ3n) is 6.20. The van der Waals surface area contributed by atoms with Crippen LogP contribution >= 0.6 is 11.6 Å². The van der Waals surface area contributed by atoms with E-state index in [1.165, 1.54) is 4.90 Å². The van der Waals surface area contributed by atoms with Crippen molar-refractivity contribution >= 4 is 29.1 Å². The average Bonchev–Trinajstić information content (AvgIpc) is 3.34. The molecule has 1 heterocycles. The van der Waals surface area contributed by atoms with Crippen LogP contribution in [0.25, 0.3) is 0 Å². The van der Waals surface area contributed by atoms with Crippen LogP contribution in [0, 0.1) is 5.41 Å². The normalized spacial score (nSPS) is 22.7. The molecule has 4 heteroatoms. The zero-order valence-corrected chi connectivity index (χ0v) is 15.9. The zero-order chi connectivity index (χ0) is 19.4. The van der Waals surface area contributed by atoms with Gasteiger partial charge in [-0.1, -0.05) is 84.4 Å². The number of para-hydroxylation sites is 1. The summed E-state index contributed by atoms with van der Waals surface area (Å²) in [5, 5.41) is 0.409. The fourth-order valence-electron chi connectivity index (χ4n) is 4.87. The van der Waals surface area contributed by atoms with Crippen molar-refractivity contribution in [1.29, 1.82) is 0 Å². The van der Waals surface area contributed by atoms with Crippen LogP contribution in [-0.2, 0) is 15.0 Å². The smallest absolute Gasteiger partial charge is 0.241 e. The predicted molar refractivity (Wildman–Crippen MR) is 109 cm³/mol. The van der Waals surface area contributed by atoms with E-state index >= 15 is 0 Å². The molecule has 3 aromatic carbocycles. The highest BCUT2D eigenvalue weighted by atomic mass is 35.5. The first-order valence-electron chi connectivity index (χ1n) is 9.33. The SMILES string of the molecule is O=C1C[C@]2(CC2(c2ccccc2)c2ccccc2)C(=O)N1c1ccccc1Cl. The maximum absolute atomic E-state index is 13.7. The second-order valence-electron chi connectivity index (χ2n) is 7.56. The van der Waals surface area contributed by atoms with Gasteiger partial charge in [-0.2, -0.15) is 0 Å². The minimum absolute atomic E-state index is 0.154. The van der Waals surface area contributed by atoms with E-state index in [2.05, 4.69) is 24.3 Å². The Balaban J connectivity index is 1.66. The molecule has 0 aromatic heterocycles. The third-order valence-corrected chi connectivity index (χ3v) is 6.52. The highest BCUT2D eigenvalue weighted by Crippen LogP contribution is 2.72. The Morgan fingerprint density at radius 3 is 1.86 bits per heavy atom. The Bertz CT molecular complexity index is 1040. The molecule has 2 amide bonds. The molecule has 1 aliphatic carbocycles. The number of carbonyl (C=O) groups excluding carboxylic acids is 2. The van der Waals surface area contributed by atoms with Crippen LogP contribution in [0.2, 0.25) is 5.02 Å². The summed E-state index contributed by atoms with van der Waals surface area (Å²) in [6.07, 6.45) is 0.820. The minimum Gasteiger partial charge on any atom is -0.274 e. The molecule has 138 valence electrons. The quantitative estimate of drug-likeness (QED) is 0.594. The van der Waals surface area contributed by atoms with Crippen LogP contribution in [0.4, 0.5) is 5.69 Å². The van der Waals surface area contributed by atoms with Gasteiger partial charge in [0.25, 0.3) is 0 Å². The van der Waals surface area contributed by atoms with E-state index in [0.717, 1.165) is 11.1 Å². The summed E-state index contributed by atoms with van der Waals surface area (Å²) in [6.45, 7) is 0. The number of benzene rings is 3. The van der Waals surface area contributed by atoms with Gasteiger partial charge in [0.05, 0.1) is 16.1 Å². The van der Waals surface area contributed by atoms with Crippen molar-refractivity contribution in [2.45, 2.75) is 18.3 Å². The Kier molecular flexibility index (Phi) is 3.72.